The first-order valence-electron chi connectivity index (χ1n) is 8.47. The topological polar surface area (TPSA) is 76.7 Å². The van der Waals surface area contributed by atoms with E-state index < -0.39 is 0 Å². The Hall–Kier alpha value is -2.08. The summed E-state index contributed by atoms with van der Waals surface area (Å²) in [6.45, 7) is 2.54. The number of ether oxygens (including phenoxy) is 2. The Kier molecular flexibility index (Phi) is 7.55. The number of benzene rings is 1. The second-order valence-corrected chi connectivity index (χ2v) is 6.00. The van der Waals surface area contributed by atoms with E-state index in [1.165, 1.54) is 7.11 Å². The largest absolute Gasteiger partial charge is 0.494 e. The van der Waals surface area contributed by atoms with E-state index in [1.54, 1.807) is 0 Å². The summed E-state index contributed by atoms with van der Waals surface area (Å²) in [7, 11) is 1.38. The van der Waals surface area contributed by atoms with Crippen LogP contribution in [0.5, 0.6) is 5.75 Å². The molecule has 1 aromatic rings. The first-order chi connectivity index (χ1) is 11.7. The molecule has 0 radical (unpaired) electrons. The van der Waals surface area contributed by atoms with Crippen molar-refractivity contribution in [3.63, 3.8) is 0 Å². The molecule has 1 fully saturated rings. The summed E-state index contributed by atoms with van der Waals surface area (Å²) >= 11 is 0. The van der Waals surface area contributed by atoms with Crippen molar-refractivity contribution in [2.45, 2.75) is 32.1 Å². The van der Waals surface area contributed by atoms with Crippen LogP contribution in [-0.4, -0.2) is 38.7 Å². The quantitative estimate of drug-likeness (QED) is 0.535. The highest BCUT2D eigenvalue weighted by Crippen LogP contribution is 2.18. The summed E-state index contributed by atoms with van der Waals surface area (Å²) in [6, 6.07) is 7.28. The summed E-state index contributed by atoms with van der Waals surface area (Å²) in [5.41, 5.74) is 0.770. The van der Waals surface area contributed by atoms with Crippen LogP contribution in [0.25, 0.3) is 0 Å². The molecule has 1 aliphatic heterocycles. The molecular formula is C18H26N2O4. The number of esters is 1. The number of methoxy groups -OCH3 is 1. The van der Waals surface area contributed by atoms with Crippen LogP contribution in [0.2, 0.25) is 0 Å². The van der Waals surface area contributed by atoms with Gasteiger partial charge in [-0.2, -0.15) is 0 Å². The minimum absolute atomic E-state index is 0.0497. The van der Waals surface area contributed by atoms with Crippen LogP contribution in [0, 0.1) is 5.92 Å². The second kappa shape index (κ2) is 9.93. The standard InChI is InChI=1S/C18H26N2O4/c1-23-18(22)3-2-12-24-16-7-5-15(6-8-16)20-17(21)9-4-14-10-11-19-13-14/h5-8,14,19H,2-4,9-13H2,1H3,(H,20,21). The van der Waals surface area contributed by atoms with Gasteiger partial charge >= 0.3 is 5.97 Å². The minimum atomic E-state index is -0.231. The van der Waals surface area contributed by atoms with Crippen LogP contribution < -0.4 is 15.4 Å². The highest BCUT2D eigenvalue weighted by Gasteiger charge is 2.15. The van der Waals surface area contributed by atoms with E-state index >= 15 is 0 Å². The van der Waals surface area contributed by atoms with E-state index in [0.29, 0.717) is 31.8 Å². The molecule has 0 aliphatic carbocycles. The average molecular weight is 334 g/mol. The van der Waals surface area contributed by atoms with E-state index in [4.69, 9.17) is 4.74 Å². The lowest BCUT2D eigenvalue weighted by Crippen LogP contribution is -2.15. The molecule has 1 atom stereocenters. The van der Waals surface area contributed by atoms with E-state index in [0.717, 1.165) is 37.4 Å². The van der Waals surface area contributed by atoms with E-state index in [9.17, 15) is 9.59 Å². The van der Waals surface area contributed by atoms with Crippen molar-refractivity contribution >= 4 is 17.6 Å². The Bertz CT molecular complexity index is 524. The summed E-state index contributed by atoms with van der Waals surface area (Å²) in [4.78, 5) is 22.9. The lowest BCUT2D eigenvalue weighted by Gasteiger charge is -2.10. The van der Waals surface area contributed by atoms with E-state index in [2.05, 4.69) is 15.4 Å². The molecule has 1 aromatic carbocycles. The molecule has 1 saturated heterocycles. The second-order valence-electron chi connectivity index (χ2n) is 6.00. The number of rotatable bonds is 9. The van der Waals surface area contributed by atoms with Gasteiger partial charge in [0, 0.05) is 18.5 Å². The molecular weight excluding hydrogens is 308 g/mol. The highest BCUT2D eigenvalue weighted by molar-refractivity contribution is 5.90. The fraction of sp³-hybridized carbons (Fsp3) is 0.556. The maximum atomic E-state index is 12.0. The predicted octanol–water partition coefficient (Wildman–Crippen LogP) is 2.35. The number of amides is 1. The van der Waals surface area contributed by atoms with Crippen molar-refractivity contribution in [1.29, 1.82) is 0 Å². The van der Waals surface area contributed by atoms with Crippen molar-refractivity contribution in [3.8, 4) is 5.75 Å². The van der Waals surface area contributed by atoms with Gasteiger partial charge in [0.1, 0.15) is 5.75 Å². The smallest absolute Gasteiger partial charge is 0.305 e. The van der Waals surface area contributed by atoms with Crippen LogP contribution >= 0.6 is 0 Å². The van der Waals surface area contributed by atoms with Gasteiger partial charge in [0.25, 0.3) is 0 Å². The zero-order valence-corrected chi connectivity index (χ0v) is 14.2. The maximum absolute atomic E-state index is 12.0. The Morgan fingerprint density at radius 2 is 2.04 bits per heavy atom. The van der Waals surface area contributed by atoms with Gasteiger partial charge < -0.3 is 20.1 Å². The zero-order chi connectivity index (χ0) is 17.2. The van der Waals surface area contributed by atoms with Crippen molar-refractivity contribution in [2.24, 2.45) is 5.92 Å². The normalized spacial score (nSPS) is 16.6. The molecule has 6 nitrogen and oxygen atoms in total. The Labute approximate surface area is 142 Å². The number of carbonyl (C=O) groups excluding carboxylic acids is 2. The van der Waals surface area contributed by atoms with Crippen molar-refractivity contribution in [2.75, 3.05) is 32.1 Å². The first-order valence-corrected chi connectivity index (χ1v) is 8.47. The summed E-state index contributed by atoms with van der Waals surface area (Å²) < 4.78 is 10.1. The van der Waals surface area contributed by atoms with Gasteiger partial charge in [-0.3, -0.25) is 9.59 Å². The molecule has 1 heterocycles. The lowest BCUT2D eigenvalue weighted by atomic mass is 10.0. The van der Waals surface area contributed by atoms with Gasteiger partial charge in [-0.15, -0.1) is 0 Å². The molecule has 6 heteroatoms. The first kappa shape index (κ1) is 18.3. The van der Waals surface area contributed by atoms with Gasteiger partial charge in [-0.05, 0) is 62.5 Å². The Balaban J connectivity index is 1.65. The zero-order valence-electron chi connectivity index (χ0n) is 14.2. The SMILES string of the molecule is COC(=O)CCCOc1ccc(NC(=O)CCC2CCNC2)cc1. The van der Waals surface area contributed by atoms with Crippen LogP contribution in [0.1, 0.15) is 32.1 Å². The molecule has 132 valence electrons. The molecule has 24 heavy (non-hydrogen) atoms. The van der Waals surface area contributed by atoms with Crippen molar-refractivity contribution < 1.29 is 19.1 Å². The van der Waals surface area contributed by atoms with Gasteiger partial charge in [0.15, 0.2) is 0 Å². The molecule has 2 N–H and O–H groups in total. The molecule has 2 rings (SSSR count). The van der Waals surface area contributed by atoms with Crippen LogP contribution in [0.4, 0.5) is 5.69 Å². The molecule has 1 amide bonds. The minimum Gasteiger partial charge on any atom is -0.494 e. The van der Waals surface area contributed by atoms with Crippen molar-refractivity contribution in [1.82, 2.24) is 5.32 Å². The third-order valence-electron chi connectivity index (χ3n) is 4.10. The van der Waals surface area contributed by atoms with Crippen LogP contribution in [0.15, 0.2) is 24.3 Å². The number of nitrogens with one attached hydrogen (secondary N) is 2. The lowest BCUT2D eigenvalue weighted by molar-refractivity contribution is -0.140. The Morgan fingerprint density at radius 3 is 2.71 bits per heavy atom. The number of hydrogen-bond donors (Lipinski definition) is 2. The summed E-state index contributed by atoms with van der Waals surface area (Å²) in [6.07, 6.45) is 3.61. The highest BCUT2D eigenvalue weighted by atomic mass is 16.5. The van der Waals surface area contributed by atoms with Crippen LogP contribution in [-0.2, 0) is 14.3 Å². The predicted molar refractivity (Wildman–Crippen MR) is 92.0 cm³/mol. The fourth-order valence-electron chi connectivity index (χ4n) is 2.66. The van der Waals surface area contributed by atoms with Crippen LogP contribution in [0.3, 0.4) is 0 Å². The molecule has 0 saturated carbocycles. The van der Waals surface area contributed by atoms with Gasteiger partial charge in [-0.25, -0.2) is 0 Å². The third-order valence-corrected chi connectivity index (χ3v) is 4.10. The monoisotopic (exact) mass is 334 g/mol. The maximum Gasteiger partial charge on any atom is 0.305 e. The average Bonchev–Trinajstić information content (AvgIpc) is 3.11. The third kappa shape index (κ3) is 6.58. The number of carbonyl (C=O) groups is 2. The number of anilines is 1. The fourth-order valence-corrected chi connectivity index (χ4v) is 2.66. The van der Waals surface area contributed by atoms with E-state index in [-0.39, 0.29) is 11.9 Å². The molecule has 0 bridgehead atoms. The van der Waals surface area contributed by atoms with Gasteiger partial charge in [-0.1, -0.05) is 0 Å². The Morgan fingerprint density at radius 1 is 1.25 bits per heavy atom. The van der Waals surface area contributed by atoms with Crippen molar-refractivity contribution in [3.05, 3.63) is 24.3 Å². The van der Waals surface area contributed by atoms with E-state index in [1.807, 2.05) is 24.3 Å². The summed E-state index contributed by atoms with van der Waals surface area (Å²) in [5.74, 6) is 1.16. The number of hydrogen-bond acceptors (Lipinski definition) is 5. The molecule has 1 unspecified atom stereocenters. The molecule has 1 aliphatic rings. The molecule has 0 aromatic heterocycles. The van der Waals surface area contributed by atoms with Gasteiger partial charge in [0.2, 0.25) is 5.91 Å². The molecule has 0 spiro atoms. The van der Waals surface area contributed by atoms with Gasteiger partial charge in [0.05, 0.1) is 13.7 Å². The summed E-state index contributed by atoms with van der Waals surface area (Å²) in [5, 5.41) is 6.22.